The van der Waals surface area contributed by atoms with E-state index in [1.165, 1.54) is 24.8 Å². The Kier molecular flexibility index (Phi) is 3.46. The Morgan fingerprint density at radius 3 is 2.52 bits per heavy atom. The van der Waals surface area contributed by atoms with E-state index < -0.39 is 0 Å². The second-order valence-corrected chi connectivity index (χ2v) is 8.55. The van der Waals surface area contributed by atoms with Crippen molar-refractivity contribution in [1.82, 2.24) is 0 Å². The molecule has 0 aliphatic heterocycles. The number of fused-ring (bicyclic) bond motifs is 3. The van der Waals surface area contributed by atoms with E-state index in [9.17, 15) is 4.79 Å². The minimum absolute atomic E-state index is 0.0679. The van der Waals surface area contributed by atoms with Gasteiger partial charge in [-0.1, -0.05) is 43.6 Å². The van der Waals surface area contributed by atoms with E-state index in [-0.39, 0.29) is 22.7 Å². The van der Waals surface area contributed by atoms with Gasteiger partial charge in [-0.25, -0.2) is 0 Å². The van der Waals surface area contributed by atoms with E-state index in [2.05, 4.69) is 40.7 Å². The number of carbonyl (C=O) groups excluding carboxylic acids is 1. The fourth-order valence-corrected chi connectivity index (χ4v) is 5.56. The maximum absolute atomic E-state index is 13.4. The molecule has 3 atom stereocenters. The predicted molar refractivity (Wildman–Crippen MR) is 88.0 cm³/mol. The van der Waals surface area contributed by atoms with Crippen LogP contribution >= 0.6 is 0 Å². The summed E-state index contributed by atoms with van der Waals surface area (Å²) in [6, 6.07) is 0. The van der Waals surface area contributed by atoms with Crippen molar-refractivity contribution in [2.24, 2.45) is 22.7 Å². The number of ketones is 1. The van der Waals surface area contributed by atoms with Crippen LogP contribution < -0.4 is 0 Å². The van der Waals surface area contributed by atoms with Crippen LogP contribution in [0.5, 0.6) is 0 Å². The van der Waals surface area contributed by atoms with E-state index in [1.807, 2.05) is 0 Å². The van der Waals surface area contributed by atoms with Crippen LogP contribution in [-0.4, -0.2) is 5.78 Å². The highest BCUT2D eigenvalue weighted by Crippen LogP contribution is 2.56. The van der Waals surface area contributed by atoms with Crippen LogP contribution in [0.25, 0.3) is 0 Å². The van der Waals surface area contributed by atoms with Crippen molar-refractivity contribution in [2.45, 2.75) is 73.1 Å². The maximum atomic E-state index is 13.4. The summed E-state index contributed by atoms with van der Waals surface area (Å²) < 4.78 is 0. The van der Waals surface area contributed by atoms with Crippen molar-refractivity contribution in [3.8, 4) is 0 Å². The lowest BCUT2D eigenvalue weighted by molar-refractivity contribution is -0.134. The molecule has 1 saturated carbocycles. The van der Waals surface area contributed by atoms with Crippen LogP contribution in [0.3, 0.4) is 0 Å². The Balaban J connectivity index is 2.11. The molecular formula is C20H30O. The Bertz CT molecular complexity index is 534. The molecule has 0 unspecified atom stereocenters. The third-order valence-electron chi connectivity index (χ3n) is 6.88. The predicted octanol–water partition coefficient (Wildman–Crippen LogP) is 5.46. The SMILES string of the molecule is CC1=CCC[C@@]2(C)CCC3=C(C)CC[C@@H](C(=O)[C@H]12)C3(C)C. The molecule has 1 nitrogen and oxygen atoms in total. The molecule has 0 radical (unpaired) electrons. The van der Waals surface area contributed by atoms with Gasteiger partial charge in [0.05, 0.1) is 0 Å². The van der Waals surface area contributed by atoms with Gasteiger partial charge in [0.25, 0.3) is 0 Å². The summed E-state index contributed by atoms with van der Waals surface area (Å²) in [4.78, 5) is 13.4. The van der Waals surface area contributed by atoms with Crippen LogP contribution in [-0.2, 0) is 4.79 Å². The first-order valence-electron chi connectivity index (χ1n) is 8.67. The average molecular weight is 286 g/mol. The molecule has 0 saturated heterocycles. The first kappa shape index (κ1) is 15.1. The molecule has 0 aromatic rings. The summed E-state index contributed by atoms with van der Waals surface area (Å²) in [5.41, 5.74) is 4.76. The van der Waals surface area contributed by atoms with Crippen molar-refractivity contribution < 1.29 is 4.79 Å². The summed E-state index contributed by atoms with van der Waals surface area (Å²) in [6.45, 7) is 11.5. The third-order valence-corrected chi connectivity index (χ3v) is 6.88. The normalized spacial score (nSPS) is 39.3. The zero-order valence-electron chi connectivity index (χ0n) is 14.4. The molecule has 3 aliphatic carbocycles. The van der Waals surface area contributed by atoms with Gasteiger partial charge in [-0.05, 0) is 63.2 Å². The molecule has 0 aromatic carbocycles. The first-order valence-corrected chi connectivity index (χ1v) is 8.67. The second-order valence-electron chi connectivity index (χ2n) is 8.55. The molecule has 0 N–H and O–H groups in total. The van der Waals surface area contributed by atoms with Crippen molar-refractivity contribution in [2.75, 3.05) is 0 Å². The topological polar surface area (TPSA) is 17.1 Å². The molecule has 3 rings (SSSR count). The van der Waals surface area contributed by atoms with E-state index in [0.717, 1.165) is 19.3 Å². The zero-order valence-corrected chi connectivity index (χ0v) is 14.4. The monoisotopic (exact) mass is 286 g/mol. The van der Waals surface area contributed by atoms with Gasteiger partial charge in [-0.15, -0.1) is 0 Å². The molecule has 1 fully saturated rings. The van der Waals surface area contributed by atoms with E-state index in [0.29, 0.717) is 5.78 Å². The summed E-state index contributed by atoms with van der Waals surface area (Å²) in [5, 5.41) is 0. The maximum Gasteiger partial charge on any atom is 0.144 e. The van der Waals surface area contributed by atoms with Crippen LogP contribution in [0.4, 0.5) is 0 Å². The summed E-state index contributed by atoms with van der Waals surface area (Å²) in [5.74, 6) is 0.943. The van der Waals surface area contributed by atoms with E-state index in [1.54, 1.807) is 11.1 Å². The number of carbonyl (C=O) groups is 1. The van der Waals surface area contributed by atoms with Gasteiger partial charge in [0, 0.05) is 11.8 Å². The van der Waals surface area contributed by atoms with Gasteiger partial charge in [-0.3, -0.25) is 4.79 Å². The van der Waals surface area contributed by atoms with Crippen molar-refractivity contribution in [1.29, 1.82) is 0 Å². The Labute approximate surface area is 129 Å². The highest BCUT2D eigenvalue weighted by molar-refractivity contribution is 5.88. The van der Waals surface area contributed by atoms with Gasteiger partial charge < -0.3 is 0 Å². The standard InChI is InChI=1S/C20H30O/c1-13-8-9-16-18(21)17-14(2)7-6-11-20(17,5)12-10-15(13)19(16,3)4/h7,16-17H,6,8-12H2,1-5H3/t16-,17-,20-/m0/s1. The fourth-order valence-electron chi connectivity index (χ4n) is 5.56. The molecule has 2 bridgehead atoms. The number of hydrogen-bond acceptors (Lipinski definition) is 1. The highest BCUT2D eigenvalue weighted by atomic mass is 16.1. The molecule has 1 heteroatoms. The molecule has 3 aliphatic rings. The molecule has 0 amide bonds. The fraction of sp³-hybridized carbons (Fsp3) is 0.750. The molecular weight excluding hydrogens is 256 g/mol. The van der Waals surface area contributed by atoms with Crippen molar-refractivity contribution >= 4 is 5.78 Å². The van der Waals surface area contributed by atoms with Gasteiger partial charge in [0.1, 0.15) is 5.78 Å². The Morgan fingerprint density at radius 1 is 1.10 bits per heavy atom. The lowest BCUT2D eigenvalue weighted by atomic mass is 9.53. The summed E-state index contributed by atoms with van der Waals surface area (Å²) in [7, 11) is 0. The van der Waals surface area contributed by atoms with Crippen molar-refractivity contribution in [3.63, 3.8) is 0 Å². The Morgan fingerprint density at radius 2 is 1.81 bits per heavy atom. The number of rotatable bonds is 0. The minimum atomic E-state index is 0.0679. The van der Waals surface area contributed by atoms with Crippen LogP contribution in [0.1, 0.15) is 73.1 Å². The molecule has 0 spiro atoms. The smallest absolute Gasteiger partial charge is 0.144 e. The minimum Gasteiger partial charge on any atom is -0.299 e. The highest BCUT2D eigenvalue weighted by Gasteiger charge is 2.51. The Hall–Kier alpha value is -0.850. The molecule has 21 heavy (non-hydrogen) atoms. The summed E-state index contributed by atoms with van der Waals surface area (Å²) >= 11 is 0. The lowest BCUT2D eigenvalue weighted by Crippen LogP contribution is -2.47. The van der Waals surface area contributed by atoms with E-state index in [4.69, 9.17) is 0 Å². The molecule has 0 aromatic heterocycles. The van der Waals surface area contributed by atoms with Gasteiger partial charge >= 0.3 is 0 Å². The summed E-state index contributed by atoms with van der Waals surface area (Å²) in [6.07, 6.45) is 9.21. The average Bonchev–Trinajstić information content (AvgIpc) is 2.36. The van der Waals surface area contributed by atoms with Crippen molar-refractivity contribution in [3.05, 3.63) is 22.8 Å². The number of allylic oxidation sites excluding steroid dienone is 4. The lowest BCUT2D eigenvalue weighted by Gasteiger charge is -2.50. The van der Waals surface area contributed by atoms with Gasteiger partial charge in [-0.2, -0.15) is 0 Å². The van der Waals surface area contributed by atoms with E-state index >= 15 is 0 Å². The quantitative estimate of drug-likeness (QED) is 0.540. The molecule has 116 valence electrons. The number of hydrogen-bond donors (Lipinski definition) is 0. The van der Waals surface area contributed by atoms with Crippen LogP contribution in [0, 0.1) is 22.7 Å². The number of Topliss-reactive ketones (excluding diaryl/α,β-unsaturated/α-hetero) is 1. The van der Waals surface area contributed by atoms with Crippen LogP contribution in [0.2, 0.25) is 0 Å². The first-order chi connectivity index (χ1) is 9.77. The van der Waals surface area contributed by atoms with Gasteiger partial charge in [0.2, 0.25) is 0 Å². The zero-order chi connectivity index (χ0) is 15.4. The molecule has 0 heterocycles. The largest absolute Gasteiger partial charge is 0.299 e. The second kappa shape index (κ2) is 4.83. The van der Waals surface area contributed by atoms with Gasteiger partial charge in [0.15, 0.2) is 0 Å². The third kappa shape index (κ3) is 2.15. The van der Waals surface area contributed by atoms with Crippen LogP contribution in [0.15, 0.2) is 22.8 Å².